The summed E-state index contributed by atoms with van der Waals surface area (Å²) in [4.78, 5) is 29.8. The molecule has 2 saturated heterocycles. The minimum atomic E-state index is -0.941. The van der Waals surface area contributed by atoms with Gasteiger partial charge in [0.1, 0.15) is 5.82 Å². The zero-order valence-corrected chi connectivity index (χ0v) is 12.9. The summed E-state index contributed by atoms with van der Waals surface area (Å²) in [5, 5.41) is 11.5. The fourth-order valence-electron chi connectivity index (χ4n) is 4.11. The van der Waals surface area contributed by atoms with E-state index in [9.17, 15) is 9.59 Å². The van der Waals surface area contributed by atoms with Crippen LogP contribution in [0.4, 0.5) is 10.6 Å². The van der Waals surface area contributed by atoms with Gasteiger partial charge in [0.25, 0.3) is 0 Å². The van der Waals surface area contributed by atoms with E-state index in [1.807, 2.05) is 12.1 Å². The number of ketones is 1. The van der Waals surface area contributed by atoms with Gasteiger partial charge < -0.3 is 15.3 Å². The normalized spacial score (nSPS) is 29.4. The van der Waals surface area contributed by atoms with Gasteiger partial charge in [-0.15, -0.1) is 0 Å². The first-order chi connectivity index (χ1) is 11.1. The third-order valence-corrected chi connectivity index (χ3v) is 5.31. The lowest BCUT2D eigenvalue weighted by Gasteiger charge is -2.39. The summed E-state index contributed by atoms with van der Waals surface area (Å²) < 4.78 is 0. The molecule has 3 aliphatic rings. The third-order valence-electron chi connectivity index (χ3n) is 5.31. The summed E-state index contributed by atoms with van der Waals surface area (Å²) >= 11 is 0. The molecule has 1 aromatic heterocycles. The highest BCUT2D eigenvalue weighted by molar-refractivity contribution is 5.99. The van der Waals surface area contributed by atoms with Crippen LogP contribution in [0.1, 0.15) is 48.9 Å². The molecule has 1 saturated carbocycles. The lowest BCUT2D eigenvalue weighted by atomic mass is 9.97. The van der Waals surface area contributed by atoms with Crippen molar-refractivity contribution in [1.82, 2.24) is 10.3 Å². The molecule has 23 heavy (non-hydrogen) atoms. The number of nitrogens with one attached hydrogen (secondary N) is 1. The van der Waals surface area contributed by atoms with Gasteiger partial charge in [0, 0.05) is 35.8 Å². The largest absolute Gasteiger partial charge is 0.465 e. The second-order valence-electron chi connectivity index (χ2n) is 6.95. The molecule has 2 bridgehead atoms. The highest BCUT2D eigenvalue weighted by Gasteiger charge is 2.41. The third kappa shape index (κ3) is 2.78. The zero-order chi connectivity index (χ0) is 16.0. The molecule has 122 valence electrons. The number of carboxylic acid groups (broad SMARTS) is 1. The SMILES string of the molecule is O=C(O)NC1C[C@H]2CC[C@@H](C1)N2c1ccc(C(=O)C2CC2)cn1. The predicted octanol–water partition coefficient (Wildman–Crippen LogP) is 2.44. The molecular formula is C17H21N3O3. The van der Waals surface area contributed by atoms with Crippen molar-refractivity contribution in [2.45, 2.75) is 56.7 Å². The Bertz CT molecular complexity index is 612. The number of rotatable bonds is 4. The second kappa shape index (κ2) is 5.51. The molecule has 3 fully saturated rings. The quantitative estimate of drug-likeness (QED) is 0.834. The molecule has 1 aliphatic carbocycles. The maximum Gasteiger partial charge on any atom is 0.404 e. The molecule has 2 N–H and O–H groups in total. The number of Topliss-reactive ketones (excluding diaryl/α,β-unsaturated/α-hetero) is 1. The first-order valence-corrected chi connectivity index (χ1v) is 8.40. The predicted molar refractivity (Wildman–Crippen MR) is 84.8 cm³/mol. The van der Waals surface area contributed by atoms with Crippen LogP contribution in [0.25, 0.3) is 0 Å². The number of anilines is 1. The fraction of sp³-hybridized carbons (Fsp3) is 0.588. The molecule has 3 atom stereocenters. The molecule has 6 nitrogen and oxygen atoms in total. The van der Waals surface area contributed by atoms with E-state index in [1.54, 1.807) is 6.20 Å². The summed E-state index contributed by atoms with van der Waals surface area (Å²) in [5.74, 6) is 1.35. The van der Waals surface area contributed by atoms with Crippen LogP contribution in [0.15, 0.2) is 18.3 Å². The number of carbonyl (C=O) groups is 2. The minimum absolute atomic E-state index is 0.0389. The Morgan fingerprint density at radius 3 is 2.35 bits per heavy atom. The Kier molecular flexibility index (Phi) is 3.47. The van der Waals surface area contributed by atoms with E-state index in [2.05, 4.69) is 15.2 Å². The smallest absolute Gasteiger partial charge is 0.404 e. The van der Waals surface area contributed by atoms with E-state index >= 15 is 0 Å². The van der Waals surface area contributed by atoms with E-state index < -0.39 is 6.09 Å². The molecule has 2 aliphatic heterocycles. The lowest BCUT2D eigenvalue weighted by molar-refractivity contribution is 0.0967. The van der Waals surface area contributed by atoms with Gasteiger partial charge in [0.15, 0.2) is 5.78 Å². The molecular weight excluding hydrogens is 294 g/mol. The Hall–Kier alpha value is -2.11. The first kappa shape index (κ1) is 14.5. The molecule has 3 heterocycles. The van der Waals surface area contributed by atoms with Gasteiger partial charge >= 0.3 is 6.09 Å². The fourth-order valence-corrected chi connectivity index (χ4v) is 4.11. The second-order valence-corrected chi connectivity index (χ2v) is 6.95. The maximum atomic E-state index is 12.1. The van der Waals surface area contributed by atoms with E-state index in [0.717, 1.165) is 44.3 Å². The molecule has 6 heteroatoms. The van der Waals surface area contributed by atoms with Crippen molar-refractivity contribution >= 4 is 17.7 Å². The van der Waals surface area contributed by atoms with Gasteiger partial charge in [-0.25, -0.2) is 9.78 Å². The van der Waals surface area contributed by atoms with Gasteiger partial charge in [-0.05, 0) is 50.7 Å². The standard InChI is InChI=1S/C17H21N3O3/c21-16(10-1-2-10)11-3-6-15(18-9-11)20-13-4-5-14(20)8-12(7-13)19-17(22)23/h3,6,9-10,12-14,19H,1-2,4-5,7-8H2,(H,22,23)/t12?,13-,14+. The molecule has 0 aromatic carbocycles. The number of aromatic nitrogens is 1. The molecule has 0 spiro atoms. The van der Waals surface area contributed by atoms with Crippen molar-refractivity contribution in [3.8, 4) is 0 Å². The Morgan fingerprint density at radius 2 is 1.83 bits per heavy atom. The van der Waals surface area contributed by atoms with Crippen molar-refractivity contribution in [1.29, 1.82) is 0 Å². The number of pyridine rings is 1. The van der Waals surface area contributed by atoms with Crippen molar-refractivity contribution in [3.05, 3.63) is 23.9 Å². The Labute approximate surface area is 134 Å². The highest BCUT2D eigenvalue weighted by Crippen LogP contribution is 2.39. The number of carbonyl (C=O) groups excluding carboxylic acids is 1. The van der Waals surface area contributed by atoms with Crippen LogP contribution in [0.2, 0.25) is 0 Å². The van der Waals surface area contributed by atoms with Crippen LogP contribution in [-0.2, 0) is 0 Å². The van der Waals surface area contributed by atoms with Crippen LogP contribution in [-0.4, -0.2) is 40.1 Å². The Balaban J connectivity index is 1.48. The van der Waals surface area contributed by atoms with Gasteiger partial charge in [-0.2, -0.15) is 0 Å². The van der Waals surface area contributed by atoms with Crippen LogP contribution in [0, 0.1) is 5.92 Å². The summed E-state index contributed by atoms with van der Waals surface area (Å²) in [7, 11) is 0. The van der Waals surface area contributed by atoms with Gasteiger partial charge in [0.2, 0.25) is 0 Å². The molecule has 0 radical (unpaired) electrons. The monoisotopic (exact) mass is 315 g/mol. The molecule has 4 rings (SSSR count). The zero-order valence-electron chi connectivity index (χ0n) is 12.9. The van der Waals surface area contributed by atoms with Crippen LogP contribution < -0.4 is 10.2 Å². The number of piperidine rings is 1. The number of hydrogen-bond acceptors (Lipinski definition) is 4. The van der Waals surface area contributed by atoms with E-state index in [-0.39, 0.29) is 17.7 Å². The molecule has 1 aromatic rings. The maximum absolute atomic E-state index is 12.1. The molecule has 1 unspecified atom stereocenters. The first-order valence-electron chi connectivity index (χ1n) is 8.40. The van der Waals surface area contributed by atoms with E-state index in [1.165, 1.54) is 0 Å². The Morgan fingerprint density at radius 1 is 1.13 bits per heavy atom. The average molecular weight is 315 g/mol. The lowest BCUT2D eigenvalue weighted by Crippen LogP contribution is -2.50. The van der Waals surface area contributed by atoms with Crippen LogP contribution in [0.5, 0.6) is 0 Å². The number of nitrogens with zero attached hydrogens (tertiary/aromatic N) is 2. The van der Waals surface area contributed by atoms with E-state index in [0.29, 0.717) is 17.6 Å². The van der Waals surface area contributed by atoms with Crippen LogP contribution in [0.3, 0.4) is 0 Å². The van der Waals surface area contributed by atoms with Crippen molar-refractivity contribution in [2.24, 2.45) is 5.92 Å². The highest BCUT2D eigenvalue weighted by atomic mass is 16.4. The van der Waals surface area contributed by atoms with Crippen molar-refractivity contribution in [3.63, 3.8) is 0 Å². The van der Waals surface area contributed by atoms with Gasteiger partial charge in [-0.3, -0.25) is 4.79 Å². The average Bonchev–Trinajstić information content (AvgIpc) is 3.32. The van der Waals surface area contributed by atoms with Gasteiger partial charge in [0.05, 0.1) is 0 Å². The number of hydrogen-bond donors (Lipinski definition) is 2. The summed E-state index contributed by atoms with van der Waals surface area (Å²) in [6.45, 7) is 0. The number of amides is 1. The van der Waals surface area contributed by atoms with Gasteiger partial charge in [-0.1, -0.05) is 0 Å². The van der Waals surface area contributed by atoms with Crippen LogP contribution >= 0.6 is 0 Å². The summed E-state index contributed by atoms with van der Waals surface area (Å²) in [6, 6.07) is 4.55. The van der Waals surface area contributed by atoms with Crippen molar-refractivity contribution in [2.75, 3.05) is 4.90 Å². The summed E-state index contributed by atoms with van der Waals surface area (Å²) in [6.07, 6.45) is 6.59. The minimum Gasteiger partial charge on any atom is -0.465 e. The summed E-state index contributed by atoms with van der Waals surface area (Å²) in [5.41, 5.74) is 0.714. The number of fused-ring (bicyclic) bond motifs is 2. The van der Waals surface area contributed by atoms with Crippen molar-refractivity contribution < 1.29 is 14.7 Å². The molecule has 1 amide bonds. The van der Waals surface area contributed by atoms with E-state index in [4.69, 9.17) is 5.11 Å². The topological polar surface area (TPSA) is 82.5 Å².